The van der Waals surface area contributed by atoms with Crippen LogP contribution in [0.2, 0.25) is 0 Å². The average molecular weight is 490 g/mol. The molecule has 35 heavy (non-hydrogen) atoms. The number of piperazine rings is 1. The molecule has 182 valence electrons. The minimum atomic E-state index is -0.0309. The van der Waals surface area contributed by atoms with Crippen LogP contribution >= 0.6 is 11.3 Å². The van der Waals surface area contributed by atoms with Gasteiger partial charge in [0.2, 0.25) is 0 Å². The highest BCUT2D eigenvalue weighted by Gasteiger charge is 2.38. The summed E-state index contributed by atoms with van der Waals surface area (Å²) in [6.07, 6.45) is 4.41. The van der Waals surface area contributed by atoms with Crippen molar-refractivity contribution in [3.05, 3.63) is 51.9 Å². The molecular weight excluding hydrogens is 458 g/mol. The van der Waals surface area contributed by atoms with E-state index in [1.54, 1.807) is 11.3 Å². The van der Waals surface area contributed by atoms with E-state index in [2.05, 4.69) is 40.2 Å². The number of hydrogen-bond acceptors (Lipinski definition) is 7. The first-order chi connectivity index (χ1) is 17.1. The molecule has 0 unspecified atom stereocenters. The quantitative estimate of drug-likeness (QED) is 0.643. The smallest absolute Gasteiger partial charge is 0.257 e. The van der Waals surface area contributed by atoms with Crippen LogP contribution in [0.15, 0.2) is 46.5 Å². The fourth-order valence-corrected chi connectivity index (χ4v) is 6.54. The van der Waals surface area contributed by atoms with E-state index >= 15 is 0 Å². The van der Waals surface area contributed by atoms with Crippen molar-refractivity contribution in [2.75, 3.05) is 44.6 Å². The summed E-state index contributed by atoms with van der Waals surface area (Å²) in [6.45, 7) is 7.28. The molecule has 3 aliphatic heterocycles. The molecule has 0 saturated carbocycles. The van der Waals surface area contributed by atoms with Gasteiger partial charge in [-0.05, 0) is 63.8 Å². The number of thiophene rings is 1. The van der Waals surface area contributed by atoms with Gasteiger partial charge in [0, 0.05) is 48.7 Å². The second kappa shape index (κ2) is 9.24. The third-order valence-electron chi connectivity index (χ3n) is 7.48. The Balaban J connectivity index is 1.07. The van der Waals surface area contributed by atoms with Gasteiger partial charge in [-0.1, -0.05) is 12.1 Å². The van der Waals surface area contributed by atoms with Crippen molar-refractivity contribution in [1.82, 2.24) is 14.7 Å². The number of amides is 2. The molecular formula is C27H31N5O2S. The number of imide groups is 1. The van der Waals surface area contributed by atoms with E-state index in [1.807, 2.05) is 12.1 Å². The Bertz CT molecular complexity index is 1210. The summed E-state index contributed by atoms with van der Waals surface area (Å²) in [5, 5.41) is 4.74. The lowest BCUT2D eigenvalue weighted by atomic mass is 9.93. The van der Waals surface area contributed by atoms with Crippen molar-refractivity contribution < 1.29 is 9.59 Å². The molecule has 2 aromatic rings. The second-order valence-corrected chi connectivity index (χ2v) is 11.0. The van der Waals surface area contributed by atoms with E-state index in [9.17, 15) is 9.59 Å². The predicted octanol–water partition coefficient (Wildman–Crippen LogP) is 4.44. The van der Waals surface area contributed by atoms with Crippen molar-refractivity contribution in [3.8, 4) is 0 Å². The van der Waals surface area contributed by atoms with Crippen molar-refractivity contribution >= 4 is 45.4 Å². The topological polar surface area (TPSA) is 68.2 Å². The number of rotatable bonds is 4. The molecule has 4 heterocycles. The maximum atomic E-state index is 12.7. The van der Waals surface area contributed by atoms with Gasteiger partial charge in [0.05, 0.1) is 16.9 Å². The zero-order chi connectivity index (χ0) is 23.9. The molecule has 0 bridgehead atoms. The normalized spacial score (nSPS) is 20.3. The Morgan fingerprint density at radius 2 is 1.69 bits per heavy atom. The van der Waals surface area contributed by atoms with Crippen LogP contribution in [-0.4, -0.2) is 71.6 Å². The van der Waals surface area contributed by atoms with Crippen LogP contribution in [0.1, 0.15) is 42.5 Å². The highest BCUT2D eigenvalue weighted by atomic mass is 32.1. The van der Waals surface area contributed by atoms with Crippen LogP contribution in [0.25, 0.3) is 0 Å². The summed E-state index contributed by atoms with van der Waals surface area (Å²) in [4.78, 5) is 38.1. The van der Waals surface area contributed by atoms with Crippen molar-refractivity contribution in [1.29, 1.82) is 0 Å². The number of benzene rings is 1. The molecule has 6 rings (SSSR count). The number of hydrogen-bond donors (Lipinski definition) is 1. The number of fused-ring (bicyclic) bond motifs is 2. The number of para-hydroxylation sites is 2. The van der Waals surface area contributed by atoms with Gasteiger partial charge >= 0.3 is 0 Å². The lowest BCUT2D eigenvalue weighted by Gasteiger charge is -2.36. The van der Waals surface area contributed by atoms with Gasteiger partial charge < -0.3 is 10.2 Å². The number of nitrogens with one attached hydrogen (secondary N) is 1. The second-order valence-electron chi connectivity index (χ2n) is 9.79. The van der Waals surface area contributed by atoms with Gasteiger partial charge in [-0.3, -0.25) is 19.4 Å². The summed E-state index contributed by atoms with van der Waals surface area (Å²) in [5.41, 5.74) is 4.78. The minimum absolute atomic E-state index is 0.0309. The van der Waals surface area contributed by atoms with Gasteiger partial charge in [-0.2, -0.15) is 0 Å². The molecule has 1 aromatic carbocycles. The van der Waals surface area contributed by atoms with Crippen LogP contribution in [0.3, 0.4) is 0 Å². The van der Waals surface area contributed by atoms with Crippen LogP contribution < -0.4 is 5.32 Å². The lowest BCUT2D eigenvalue weighted by Crippen LogP contribution is -2.49. The Morgan fingerprint density at radius 3 is 2.43 bits per heavy atom. The summed E-state index contributed by atoms with van der Waals surface area (Å²) in [7, 11) is 0. The third kappa shape index (κ3) is 4.19. The maximum Gasteiger partial charge on any atom is 0.257 e. The molecule has 2 amide bonds. The summed E-state index contributed by atoms with van der Waals surface area (Å²) in [6, 6.07) is 10.5. The molecule has 0 radical (unpaired) electrons. The molecule has 1 saturated heterocycles. The molecule has 1 N–H and O–H groups in total. The molecule has 7 nitrogen and oxygen atoms in total. The predicted molar refractivity (Wildman–Crippen MR) is 140 cm³/mol. The molecule has 0 spiro atoms. The fourth-order valence-electron chi connectivity index (χ4n) is 5.62. The third-order valence-corrected chi connectivity index (χ3v) is 8.44. The first-order valence-corrected chi connectivity index (χ1v) is 13.5. The molecule has 8 heteroatoms. The average Bonchev–Trinajstić information content (AvgIpc) is 3.30. The first-order valence-electron chi connectivity index (χ1n) is 12.7. The summed E-state index contributed by atoms with van der Waals surface area (Å²) in [5.74, 6) is 0.986. The van der Waals surface area contributed by atoms with E-state index in [1.165, 1.54) is 15.3 Å². The minimum Gasteiger partial charge on any atom is -0.353 e. The van der Waals surface area contributed by atoms with Crippen LogP contribution in [0, 0.1) is 6.92 Å². The Labute approximate surface area is 210 Å². The number of anilines is 2. The van der Waals surface area contributed by atoms with Gasteiger partial charge in [-0.25, -0.2) is 4.99 Å². The van der Waals surface area contributed by atoms with Crippen LogP contribution in [-0.2, 0) is 9.59 Å². The Morgan fingerprint density at radius 1 is 0.971 bits per heavy atom. The number of nitrogens with zero attached hydrogens (tertiary/aromatic N) is 4. The van der Waals surface area contributed by atoms with E-state index in [0.717, 1.165) is 98.2 Å². The van der Waals surface area contributed by atoms with Crippen molar-refractivity contribution in [2.24, 2.45) is 4.99 Å². The molecule has 1 aliphatic carbocycles. The van der Waals surface area contributed by atoms with Crippen LogP contribution in [0.5, 0.6) is 0 Å². The van der Waals surface area contributed by atoms with Crippen molar-refractivity contribution in [3.63, 3.8) is 0 Å². The zero-order valence-electron chi connectivity index (χ0n) is 20.2. The van der Waals surface area contributed by atoms with E-state index in [-0.39, 0.29) is 11.8 Å². The summed E-state index contributed by atoms with van der Waals surface area (Å²) < 4.78 is 0. The Hall–Kier alpha value is -2.97. The van der Waals surface area contributed by atoms with Gasteiger partial charge in [-0.15, -0.1) is 11.3 Å². The Kier molecular flexibility index (Phi) is 5.94. The van der Waals surface area contributed by atoms with Gasteiger partial charge in [0.1, 0.15) is 10.8 Å². The lowest BCUT2D eigenvalue weighted by molar-refractivity contribution is -0.137. The van der Waals surface area contributed by atoms with Crippen LogP contribution in [0.4, 0.5) is 16.4 Å². The standard InChI is InChI=1S/C27H31N5O2S/c1-18-17-21-24(28-22-9-4-5-10-23(22)29-25(21)35-18)31-15-13-30(14-16-31)11-6-12-32-26(33)19-7-2-3-8-20(19)27(32)34/h4-5,9-10,17,29H,2-3,6-8,11-16H2,1H3. The number of aryl methyl sites for hydroxylation is 1. The SMILES string of the molecule is Cc1cc2c(s1)Nc1ccccc1N=C2N1CCN(CCCN2C(=O)C3=C(CCCC3)C2=O)CC1. The summed E-state index contributed by atoms with van der Waals surface area (Å²) >= 11 is 1.77. The zero-order valence-corrected chi connectivity index (χ0v) is 21.0. The first kappa shape index (κ1) is 22.5. The maximum absolute atomic E-state index is 12.7. The molecule has 4 aliphatic rings. The van der Waals surface area contributed by atoms with E-state index < -0.39 is 0 Å². The van der Waals surface area contributed by atoms with Gasteiger partial charge in [0.25, 0.3) is 11.8 Å². The highest BCUT2D eigenvalue weighted by molar-refractivity contribution is 7.16. The largest absolute Gasteiger partial charge is 0.353 e. The van der Waals surface area contributed by atoms with E-state index in [0.29, 0.717) is 6.54 Å². The number of aliphatic imine (C=N–C) groups is 1. The monoisotopic (exact) mass is 489 g/mol. The molecule has 1 aromatic heterocycles. The number of amidine groups is 1. The molecule has 1 fully saturated rings. The molecule has 0 atom stereocenters. The number of carbonyl (C=O) groups excluding carboxylic acids is 2. The van der Waals surface area contributed by atoms with Crippen molar-refractivity contribution in [2.45, 2.75) is 39.0 Å². The van der Waals surface area contributed by atoms with E-state index in [4.69, 9.17) is 4.99 Å². The van der Waals surface area contributed by atoms with Gasteiger partial charge in [0.15, 0.2) is 0 Å². The fraction of sp³-hybridized carbons (Fsp3) is 0.444. The highest BCUT2D eigenvalue weighted by Crippen LogP contribution is 2.39. The number of carbonyl (C=O) groups is 2.